The molecule has 2 aromatic rings. The quantitative estimate of drug-likeness (QED) is 0.593. The van der Waals surface area contributed by atoms with Gasteiger partial charge in [0.2, 0.25) is 0 Å². The summed E-state index contributed by atoms with van der Waals surface area (Å²) in [5.41, 5.74) is 2.87. The van der Waals surface area contributed by atoms with Crippen LogP contribution in [0.3, 0.4) is 0 Å². The molecule has 3 heteroatoms. The number of hydrogen-bond donors (Lipinski definition) is 0. The lowest BCUT2D eigenvalue weighted by Crippen LogP contribution is -2.20. The Hall–Kier alpha value is -1.51. The fraction of sp³-hybridized carbons (Fsp3) is 0.300. The summed E-state index contributed by atoms with van der Waals surface area (Å²) in [5, 5.41) is 0. The van der Waals surface area contributed by atoms with Crippen molar-refractivity contribution in [3.8, 4) is 0 Å². The van der Waals surface area contributed by atoms with Crippen molar-refractivity contribution in [2.45, 2.75) is 13.8 Å². The average Bonchev–Trinajstić information content (AvgIpc) is 2.45. The number of aromatic nitrogens is 2. The third-order valence-corrected chi connectivity index (χ3v) is 2.49. The van der Waals surface area contributed by atoms with Crippen LogP contribution < -0.4 is 5.56 Å². The molecule has 0 aliphatic rings. The van der Waals surface area contributed by atoms with Crippen molar-refractivity contribution in [1.82, 2.24) is 8.97 Å². The molecule has 68 valence electrons. The summed E-state index contributed by atoms with van der Waals surface area (Å²) < 4.78 is 3.59. The normalized spacial score (nSPS) is 11.0. The van der Waals surface area contributed by atoms with Crippen molar-refractivity contribution < 1.29 is 0 Å². The van der Waals surface area contributed by atoms with E-state index in [1.807, 2.05) is 36.6 Å². The molecule has 0 amide bonds. The Balaban J connectivity index is 3.05. The second kappa shape index (κ2) is 2.49. The summed E-state index contributed by atoms with van der Waals surface area (Å²) in [6, 6.07) is 3.81. The van der Waals surface area contributed by atoms with Gasteiger partial charge in [0.1, 0.15) is 5.52 Å². The van der Waals surface area contributed by atoms with Crippen LogP contribution in [0.1, 0.15) is 11.4 Å². The van der Waals surface area contributed by atoms with E-state index in [1.165, 1.54) is 0 Å². The van der Waals surface area contributed by atoms with Gasteiger partial charge in [-0.05, 0) is 26.0 Å². The van der Waals surface area contributed by atoms with Crippen LogP contribution in [0.2, 0.25) is 0 Å². The van der Waals surface area contributed by atoms with Gasteiger partial charge in [-0.15, -0.1) is 0 Å². The summed E-state index contributed by atoms with van der Waals surface area (Å²) in [6.45, 7) is 3.92. The van der Waals surface area contributed by atoms with E-state index in [1.54, 1.807) is 11.6 Å². The Bertz CT molecular complexity index is 519. The largest absolute Gasteiger partial charge is 0.315 e. The molecule has 0 radical (unpaired) electrons. The van der Waals surface area contributed by atoms with E-state index in [0.717, 1.165) is 16.9 Å². The molecule has 0 saturated heterocycles. The number of nitrogens with zero attached hydrogens (tertiary/aromatic N) is 2. The van der Waals surface area contributed by atoms with Crippen LogP contribution in [0.5, 0.6) is 0 Å². The number of rotatable bonds is 0. The minimum Gasteiger partial charge on any atom is -0.315 e. The Kier molecular flexibility index (Phi) is 1.55. The highest BCUT2D eigenvalue weighted by atomic mass is 16.1. The number of fused-ring (bicyclic) bond motifs is 1. The molecule has 0 spiro atoms. The predicted molar refractivity (Wildman–Crippen MR) is 52.1 cm³/mol. The molecule has 0 aliphatic heterocycles. The molecular formula is C10H12N2O. The molecule has 0 saturated carbocycles. The van der Waals surface area contributed by atoms with Crippen LogP contribution in [0.15, 0.2) is 23.1 Å². The molecule has 0 N–H and O–H groups in total. The first kappa shape index (κ1) is 8.10. The molecule has 0 aromatic carbocycles. The van der Waals surface area contributed by atoms with Gasteiger partial charge < -0.3 is 8.97 Å². The van der Waals surface area contributed by atoms with Crippen molar-refractivity contribution in [3.05, 3.63) is 40.1 Å². The van der Waals surface area contributed by atoms with E-state index in [2.05, 4.69) is 0 Å². The first-order chi connectivity index (χ1) is 6.11. The van der Waals surface area contributed by atoms with Gasteiger partial charge in [0.05, 0.1) is 0 Å². The average molecular weight is 176 g/mol. The molecule has 0 bridgehead atoms. The van der Waals surface area contributed by atoms with Crippen LogP contribution in [0, 0.1) is 13.8 Å². The molecule has 0 aliphatic carbocycles. The highest BCUT2D eigenvalue weighted by molar-refractivity contribution is 5.47. The van der Waals surface area contributed by atoms with Crippen LogP contribution in [-0.2, 0) is 7.05 Å². The van der Waals surface area contributed by atoms with Gasteiger partial charge in [-0.3, -0.25) is 4.79 Å². The molecule has 13 heavy (non-hydrogen) atoms. The maximum atomic E-state index is 11.7. The summed E-state index contributed by atoms with van der Waals surface area (Å²) in [4.78, 5) is 11.7. The smallest absolute Gasteiger partial charge is 0.274 e. The van der Waals surface area contributed by atoms with E-state index in [0.29, 0.717) is 0 Å². The Labute approximate surface area is 76.2 Å². The van der Waals surface area contributed by atoms with E-state index < -0.39 is 0 Å². The van der Waals surface area contributed by atoms with Crippen LogP contribution in [0.25, 0.3) is 5.52 Å². The van der Waals surface area contributed by atoms with E-state index >= 15 is 0 Å². The summed E-state index contributed by atoms with van der Waals surface area (Å²) >= 11 is 0. The van der Waals surface area contributed by atoms with Crippen molar-refractivity contribution in [2.75, 3.05) is 0 Å². The topological polar surface area (TPSA) is 26.4 Å². The third kappa shape index (κ3) is 1.00. The maximum Gasteiger partial charge on any atom is 0.274 e. The molecule has 0 fully saturated rings. The standard InChI is InChI=1S/C10H12N2O/c1-7-4-5-9-10(13)11(3)8(2)6-12(7)9/h4-6H,1-3H3. The van der Waals surface area contributed by atoms with E-state index in [4.69, 9.17) is 0 Å². The van der Waals surface area contributed by atoms with Gasteiger partial charge in [-0.2, -0.15) is 0 Å². The Morgan fingerprint density at radius 1 is 1.15 bits per heavy atom. The minimum atomic E-state index is 0.0631. The van der Waals surface area contributed by atoms with Gasteiger partial charge >= 0.3 is 0 Å². The Morgan fingerprint density at radius 3 is 2.54 bits per heavy atom. The molecule has 3 nitrogen and oxygen atoms in total. The SMILES string of the molecule is Cc1cn2c(C)ccc2c(=O)n1C. The second-order valence-corrected chi connectivity index (χ2v) is 3.36. The number of aryl methyl sites for hydroxylation is 2. The van der Waals surface area contributed by atoms with Gasteiger partial charge in [-0.1, -0.05) is 0 Å². The van der Waals surface area contributed by atoms with Gasteiger partial charge in [0.25, 0.3) is 5.56 Å². The maximum absolute atomic E-state index is 11.7. The van der Waals surface area contributed by atoms with Crippen LogP contribution in [0.4, 0.5) is 0 Å². The summed E-state index contributed by atoms with van der Waals surface area (Å²) in [5.74, 6) is 0. The monoisotopic (exact) mass is 176 g/mol. The van der Waals surface area contributed by atoms with Crippen molar-refractivity contribution >= 4 is 5.52 Å². The summed E-state index contributed by atoms with van der Waals surface area (Å²) in [7, 11) is 1.79. The van der Waals surface area contributed by atoms with E-state index in [-0.39, 0.29) is 5.56 Å². The van der Waals surface area contributed by atoms with Gasteiger partial charge in [0, 0.05) is 24.6 Å². The van der Waals surface area contributed by atoms with Gasteiger partial charge in [-0.25, -0.2) is 0 Å². The lowest BCUT2D eigenvalue weighted by atomic mass is 10.4. The first-order valence-electron chi connectivity index (χ1n) is 4.25. The van der Waals surface area contributed by atoms with Crippen molar-refractivity contribution in [3.63, 3.8) is 0 Å². The molecule has 0 unspecified atom stereocenters. The van der Waals surface area contributed by atoms with Gasteiger partial charge in [0.15, 0.2) is 0 Å². The molecule has 2 aromatic heterocycles. The molecule has 2 rings (SSSR count). The molecular weight excluding hydrogens is 164 g/mol. The fourth-order valence-corrected chi connectivity index (χ4v) is 1.50. The third-order valence-electron chi connectivity index (χ3n) is 2.49. The van der Waals surface area contributed by atoms with Crippen LogP contribution in [-0.4, -0.2) is 8.97 Å². The molecule has 0 atom stereocenters. The minimum absolute atomic E-state index is 0.0631. The summed E-state index contributed by atoms with van der Waals surface area (Å²) in [6.07, 6.45) is 1.98. The predicted octanol–water partition coefficient (Wildman–Crippen LogP) is 1.25. The highest BCUT2D eigenvalue weighted by Crippen LogP contribution is 2.05. The van der Waals surface area contributed by atoms with E-state index in [9.17, 15) is 4.79 Å². The number of hydrogen-bond acceptors (Lipinski definition) is 1. The lowest BCUT2D eigenvalue weighted by Gasteiger charge is -2.05. The zero-order valence-electron chi connectivity index (χ0n) is 8.03. The highest BCUT2D eigenvalue weighted by Gasteiger charge is 2.04. The van der Waals surface area contributed by atoms with Crippen molar-refractivity contribution in [1.29, 1.82) is 0 Å². The van der Waals surface area contributed by atoms with Crippen molar-refractivity contribution in [2.24, 2.45) is 7.05 Å². The first-order valence-corrected chi connectivity index (χ1v) is 4.25. The Morgan fingerprint density at radius 2 is 1.85 bits per heavy atom. The zero-order valence-corrected chi connectivity index (χ0v) is 8.03. The molecule has 2 heterocycles. The lowest BCUT2D eigenvalue weighted by molar-refractivity contribution is 0.800. The fourth-order valence-electron chi connectivity index (χ4n) is 1.50. The second-order valence-electron chi connectivity index (χ2n) is 3.36. The van der Waals surface area contributed by atoms with Crippen LogP contribution >= 0.6 is 0 Å². The zero-order chi connectivity index (χ0) is 9.59.